The first-order valence-corrected chi connectivity index (χ1v) is 10.4. The highest BCUT2D eigenvalue weighted by atomic mass is 79.9. The van der Waals surface area contributed by atoms with Crippen LogP contribution in [0, 0.1) is 12.7 Å². The second kappa shape index (κ2) is 8.57. The van der Waals surface area contributed by atoms with Crippen LogP contribution in [0.1, 0.15) is 23.7 Å². The fourth-order valence-electron chi connectivity index (χ4n) is 3.19. The molecule has 1 N–H and O–H groups in total. The van der Waals surface area contributed by atoms with Crippen molar-refractivity contribution in [2.24, 2.45) is 0 Å². The first-order chi connectivity index (χ1) is 13.3. The minimum atomic E-state index is -0.310. The Kier molecular flexibility index (Phi) is 6.35. The van der Waals surface area contributed by atoms with Crippen LogP contribution >= 0.6 is 31.9 Å². The smallest absolute Gasteiger partial charge is 0.257 e. The zero-order valence-electron chi connectivity index (χ0n) is 15.5. The van der Waals surface area contributed by atoms with E-state index < -0.39 is 0 Å². The van der Waals surface area contributed by atoms with Gasteiger partial charge in [-0.05, 0) is 65.5 Å². The lowest BCUT2D eigenvalue weighted by atomic mass is 10.1. The molecule has 28 heavy (non-hydrogen) atoms. The maximum atomic E-state index is 13.5. The van der Waals surface area contributed by atoms with Crippen molar-refractivity contribution in [2.45, 2.75) is 33.2 Å². The molecule has 1 aromatic heterocycles. The van der Waals surface area contributed by atoms with Crippen LogP contribution in [0.5, 0.6) is 5.75 Å². The van der Waals surface area contributed by atoms with E-state index in [0.717, 1.165) is 10.0 Å². The number of hydrogen-bond donors (Lipinski definition) is 1. The molecule has 0 radical (unpaired) electrons. The van der Waals surface area contributed by atoms with E-state index in [1.165, 1.54) is 12.1 Å². The van der Waals surface area contributed by atoms with Gasteiger partial charge in [0, 0.05) is 22.3 Å². The maximum absolute atomic E-state index is 13.5. The van der Waals surface area contributed by atoms with Crippen LogP contribution < -0.4 is 5.56 Å². The summed E-state index contributed by atoms with van der Waals surface area (Å²) < 4.78 is 16.3. The van der Waals surface area contributed by atoms with Gasteiger partial charge in [0.2, 0.25) is 0 Å². The minimum Gasteiger partial charge on any atom is -0.506 e. The van der Waals surface area contributed by atoms with Gasteiger partial charge in [0.25, 0.3) is 5.56 Å². The van der Waals surface area contributed by atoms with Gasteiger partial charge in [-0.3, -0.25) is 9.36 Å². The normalized spacial score (nSPS) is 11.0. The molecule has 3 aromatic rings. The van der Waals surface area contributed by atoms with Gasteiger partial charge in [0.15, 0.2) is 0 Å². The summed E-state index contributed by atoms with van der Waals surface area (Å²) in [6.45, 7) is 4.03. The Hall–Kier alpha value is -1.99. The van der Waals surface area contributed by atoms with Gasteiger partial charge in [-0.2, -0.15) is 0 Å². The summed E-state index contributed by atoms with van der Waals surface area (Å²) in [7, 11) is 0. The van der Waals surface area contributed by atoms with Gasteiger partial charge in [-0.1, -0.05) is 35.0 Å². The first kappa shape index (κ1) is 20.7. The Labute approximate surface area is 179 Å². The van der Waals surface area contributed by atoms with E-state index in [4.69, 9.17) is 0 Å². The fourth-order valence-corrected chi connectivity index (χ4v) is 4.42. The number of halogens is 3. The van der Waals surface area contributed by atoms with Crippen molar-refractivity contribution in [3.05, 3.63) is 78.3 Å². The number of phenolic OH excluding ortho intramolecular Hbond substituents is 1. The third-order valence-corrected chi connectivity index (χ3v) is 5.67. The number of rotatable bonds is 5. The fraction of sp³-hybridized carbons (Fsp3) is 0.238. The summed E-state index contributed by atoms with van der Waals surface area (Å²) in [4.78, 5) is 17.8. The molecule has 0 bridgehead atoms. The molecule has 0 unspecified atom stereocenters. The number of aromatic nitrogens is 2. The molecule has 2 aromatic carbocycles. The molecule has 0 aliphatic rings. The molecule has 0 aliphatic heterocycles. The van der Waals surface area contributed by atoms with Gasteiger partial charge in [0.1, 0.15) is 17.4 Å². The lowest BCUT2D eigenvalue weighted by Crippen LogP contribution is -2.28. The summed E-state index contributed by atoms with van der Waals surface area (Å²) in [5, 5.41) is 10.6. The SMILES string of the molecule is CCc1c(C)nc(-c2cc(Br)cc(Br)c2O)n(CCc2cccc(F)c2)c1=O. The minimum absolute atomic E-state index is 0.0123. The number of phenols is 1. The average Bonchev–Trinajstić information content (AvgIpc) is 2.64. The van der Waals surface area contributed by atoms with Crippen LogP contribution in [-0.4, -0.2) is 14.7 Å². The molecule has 0 saturated heterocycles. The number of hydrogen-bond acceptors (Lipinski definition) is 3. The standard InChI is InChI=1S/C21H19Br2FN2O2/c1-3-16-12(2)25-20(17-10-14(22)11-18(23)19(17)27)26(21(16)28)8-7-13-5-4-6-15(24)9-13/h4-6,9-11,27H,3,7-8H2,1-2H3. The lowest BCUT2D eigenvalue weighted by Gasteiger charge is -2.17. The van der Waals surface area contributed by atoms with E-state index >= 15 is 0 Å². The molecule has 0 saturated carbocycles. The van der Waals surface area contributed by atoms with E-state index in [1.807, 2.05) is 13.0 Å². The summed E-state index contributed by atoms with van der Waals surface area (Å²) in [5.74, 6) is 0.0868. The van der Waals surface area contributed by atoms with Crippen molar-refractivity contribution in [3.8, 4) is 17.1 Å². The first-order valence-electron chi connectivity index (χ1n) is 8.85. The van der Waals surface area contributed by atoms with Crippen molar-refractivity contribution in [1.29, 1.82) is 0 Å². The molecule has 0 atom stereocenters. The number of nitrogens with zero attached hydrogens (tertiary/aromatic N) is 2. The van der Waals surface area contributed by atoms with Crippen LogP contribution in [0.4, 0.5) is 4.39 Å². The van der Waals surface area contributed by atoms with Crippen molar-refractivity contribution in [3.63, 3.8) is 0 Å². The predicted molar refractivity (Wildman–Crippen MR) is 115 cm³/mol. The Balaban J connectivity index is 2.16. The Morgan fingerprint density at radius 1 is 1.21 bits per heavy atom. The highest BCUT2D eigenvalue weighted by Gasteiger charge is 2.19. The molecule has 0 fully saturated rings. The van der Waals surface area contributed by atoms with E-state index in [0.29, 0.717) is 46.5 Å². The predicted octanol–water partition coefficient (Wildman–Crippen LogP) is 5.39. The summed E-state index contributed by atoms with van der Waals surface area (Å²) in [5.41, 5.74) is 2.37. The molecule has 1 heterocycles. The van der Waals surface area contributed by atoms with Gasteiger partial charge in [-0.25, -0.2) is 9.37 Å². The zero-order chi connectivity index (χ0) is 20.4. The molecule has 7 heteroatoms. The highest BCUT2D eigenvalue weighted by molar-refractivity contribution is 9.11. The third kappa shape index (κ3) is 4.20. The molecular weight excluding hydrogens is 491 g/mol. The molecule has 0 aliphatic carbocycles. The quantitative estimate of drug-likeness (QED) is 0.501. The number of aryl methyl sites for hydroxylation is 2. The average molecular weight is 510 g/mol. The Bertz CT molecular complexity index is 1100. The molecule has 4 nitrogen and oxygen atoms in total. The monoisotopic (exact) mass is 508 g/mol. The summed E-state index contributed by atoms with van der Waals surface area (Å²) in [6.07, 6.45) is 1.03. The second-order valence-corrected chi connectivity index (χ2v) is 8.24. The van der Waals surface area contributed by atoms with Crippen LogP contribution in [0.15, 0.2) is 50.1 Å². The van der Waals surface area contributed by atoms with Crippen LogP contribution in [0.3, 0.4) is 0 Å². The molecule has 146 valence electrons. The Morgan fingerprint density at radius 2 is 1.96 bits per heavy atom. The Morgan fingerprint density at radius 3 is 2.64 bits per heavy atom. The van der Waals surface area contributed by atoms with E-state index in [-0.39, 0.29) is 17.1 Å². The second-order valence-electron chi connectivity index (χ2n) is 6.47. The molecule has 0 spiro atoms. The van der Waals surface area contributed by atoms with Gasteiger partial charge >= 0.3 is 0 Å². The van der Waals surface area contributed by atoms with Crippen LogP contribution in [-0.2, 0) is 19.4 Å². The third-order valence-electron chi connectivity index (χ3n) is 4.61. The topological polar surface area (TPSA) is 55.1 Å². The van der Waals surface area contributed by atoms with E-state index in [9.17, 15) is 14.3 Å². The van der Waals surface area contributed by atoms with Gasteiger partial charge < -0.3 is 5.11 Å². The molecule has 3 rings (SSSR count). The van der Waals surface area contributed by atoms with Crippen LogP contribution in [0.25, 0.3) is 11.4 Å². The van der Waals surface area contributed by atoms with Crippen LogP contribution in [0.2, 0.25) is 0 Å². The van der Waals surface area contributed by atoms with E-state index in [2.05, 4.69) is 36.8 Å². The largest absolute Gasteiger partial charge is 0.506 e. The molecule has 0 amide bonds. The maximum Gasteiger partial charge on any atom is 0.257 e. The summed E-state index contributed by atoms with van der Waals surface area (Å²) >= 11 is 6.75. The van der Waals surface area contributed by atoms with Crippen molar-refractivity contribution in [1.82, 2.24) is 9.55 Å². The highest BCUT2D eigenvalue weighted by Crippen LogP contribution is 2.37. The molecular formula is C21H19Br2FN2O2. The van der Waals surface area contributed by atoms with Gasteiger partial charge in [-0.15, -0.1) is 0 Å². The number of aromatic hydroxyl groups is 1. The van der Waals surface area contributed by atoms with Crippen molar-refractivity contribution < 1.29 is 9.50 Å². The zero-order valence-corrected chi connectivity index (χ0v) is 18.6. The van der Waals surface area contributed by atoms with Crippen molar-refractivity contribution >= 4 is 31.9 Å². The summed E-state index contributed by atoms with van der Waals surface area (Å²) in [6, 6.07) is 9.77. The lowest BCUT2D eigenvalue weighted by molar-refractivity contribution is 0.472. The van der Waals surface area contributed by atoms with Crippen molar-refractivity contribution in [2.75, 3.05) is 0 Å². The van der Waals surface area contributed by atoms with Gasteiger partial charge in [0.05, 0.1) is 10.0 Å². The van der Waals surface area contributed by atoms with E-state index in [1.54, 1.807) is 29.7 Å². The number of benzene rings is 2.